The van der Waals surface area contributed by atoms with Gasteiger partial charge in [-0.3, -0.25) is 29.5 Å². The summed E-state index contributed by atoms with van der Waals surface area (Å²) in [5.74, 6) is 0.879. The van der Waals surface area contributed by atoms with E-state index in [9.17, 15) is 14.4 Å². The van der Waals surface area contributed by atoms with E-state index in [0.717, 1.165) is 54.7 Å². The van der Waals surface area contributed by atoms with Crippen LogP contribution in [0.1, 0.15) is 45.7 Å². The molecule has 3 aliphatic heterocycles. The SMILES string of the molecule is Cc1ncn(-c2ncc(Cl)c(N3CCN(Cc4ccc(Cc5ccc6c7c(cccc57)C(=O)N6C5CCC(=O)NC5=O)cc4)CC3)n2)n1. The maximum atomic E-state index is 13.5. The normalized spacial score (nSPS) is 18.2. The van der Waals surface area contributed by atoms with Gasteiger partial charge in [0.15, 0.2) is 5.82 Å². The molecule has 13 heteroatoms. The molecule has 8 rings (SSSR count). The Hall–Kier alpha value is -5.20. The van der Waals surface area contributed by atoms with Crippen molar-refractivity contribution < 1.29 is 14.4 Å². The Bertz CT molecular complexity index is 2090. The highest BCUT2D eigenvalue weighted by molar-refractivity contribution is 6.32. The van der Waals surface area contributed by atoms with E-state index >= 15 is 0 Å². The molecule has 5 aromatic rings. The Balaban J connectivity index is 0.930. The first-order chi connectivity index (χ1) is 23.3. The van der Waals surface area contributed by atoms with E-state index in [1.807, 2.05) is 37.3 Å². The number of hydrogen-bond acceptors (Lipinski definition) is 9. The van der Waals surface area contributed by atoms with Crippen molar-refractivity contribution in [1.29, 1.82) is 0 Å². The summed E-state index contributed by atoms with van der Waals surface area (Å²) in [5, 5.41) is 9.08. The summed E-state index contributed by atoms with van der Waals surface area (Å²) in [4.78, 5) is 57.2. The number of nitrogens with zero attached hydrogens (tertiary/aromatic N) is 8. The van der Waals surface area contributed by atoms with Crippen LogP contribution in [0.25, 0.3) is 16.7 Å². The molecule has 3 aromatic carbocycles. The van der Waals surface area contributed by atoms with Gasteiger partial charge >= 0.3 is 0 Å². The summed E-state index contributed by atoms with van der Waals surface area (Å²) in [5.41, 5.74) is 4.85. The maximum Gasteiger partial charge on any atom is 0.259 e. The van der Waals surface area contributed by atoms with Crippen molar-refractivity contribution in [3.05, 3.63) is 100 Å². The second kappa shape index (κ2) is 12.1. The molecule has 1 unspecified atom stereocenters. The molecule has 3 amide bonds. The van der Waals surface area contributed by atoms with Crippen molar-refractivity contribution in [2.75, 3.05) is 36.0 Å². The van der Waals surface area contributed by atoms with Crippen molar-refractivity contribution in [2.45, 2.75) is 38.8 Å². The third kappa shape index (κ3) is 5.46. The summed E-state index contributed by atoms with van der Waals surface area (Å²) in [6.45, 7) is 5.98. The number of hydrogen-bond donors (Lipinski definition) is 1. The Morgan fingerprint density at radius 1 is 0.938 bits per heavy atom. The third-order valence-electron chi connectivity index (χ3n) is 9.36. The number of benzene rings is 3. The molecule has 242 valence electrons. The maximum absolute atomic E-state index is 13.5. The Morgan fingerprint density at radius 2 is 1.73 bits per heavy atom. The van der Waals surface area contributed by atoms with E-state index in [1.54, 1.807) is 22.1 Å². The summed E-state index contributed by atoms with van der Waals surface area (Å²) >= 11 is 6.50. The molecule has 1 N–H and O–H groups in total. The summed E-state index contributed by atoms with van der Waals surface area (Å²) < 4.78 is 1.55. The molecule has 2 saturated heterocycles. The second-order valence-electron chi connectivity index (χ2n) is 12.4. The van der Waals surface area contributed by atoms with E-state index in [0.29, 0.717) is 41.0 Å². The Labute approximate surface area is 281 Å². The number of piperazine rings is 1. The number of anilines is 2. The fourth-order valence-corrected chi connectivity index (χ4v) is 7.15. The van der Waals surface area contributed by atoms with Crippen LogP contribution in [-0.2, 0) is 22.6 Å². The molecule has 0 aliphatic carbocycles. The number of nitrogens with one attached hydrogen (secondary N) is 1. The molecule has 48 heavy (non-hydrogen) atoms. The van der Waals surface area contributed by atoms with Gasteiger partial charge < -0.3 is 4.90 Å². The number of aromatic nitrogens is 5. The number of piperidine rings is 1. The van der Waals surface area contributed by atoms with Crippen molar-refractivity contribution >= 4 is 51.6 Å². The first-order valence-corrected chi connectivity index (χ1v) is 16.4. The topological polar surface area (TPSA) is 129 Å². The minimum absolute atomic E-state index is 0.195. The molecule has 5 heterocycles. The van der Waals surface area contributed by atoms with Crippen molar-refractivity contribution in [2.24, 2.45) is 0 Å². The molecule has 2 fully saturated rings. The number of aryl methyl sites for hydroxylation is 1. The number of carbonyl (C=O) groups excluding carboxylic acids is 3. The standard InChI is InChI=1S/C35H32ClN9O3/c1-21-38-20-44(41-21)35-37-18-27(36)32(40-35)43-15-13-42(14-16-43)19-23-7-5-22(6-8-23)17-24-9-10-28-31-25(24)3-2-4-26(31)34(48)45(28)29-11-12-30(46)39-33(29)47/h2-10,18,20,29H,11-17,19H2,1H3,(H,39,46,47). The van der Waals surface area contributed by atoms with Gasteiger partial charge in [-0.15, -0.1) is 5.10 Å². The van der Waals surface area contributed by atoms with Gasteiger partial charge in [-0.05, 0) is 54.0 Å². The van der Waals surface area contributed by atoms with E-state index in [-0.39, 0.29) is 18.2 Å². The number of halogens is 1. The highest BCUT2D eigenvalue weighted by atomic mass is 35.5. The van der Waals surface area contributed by atoms with Crippen LogP contribution < -0.4 is 15.1 Å². The Morgan fingerprint density at radius 3 is 2.48 bits per heavy atom. The second-order valence-corrected chi connectivity index (χ2v) is 12.9. The van der Waals surface area contributed by atoms with Crippen molar-refractivity contribution in [3.8, 4) is 5.95 Å². The Kier molecular flexibility index (Phi) is 7.61. The number of rotatable bonds is 7. The molecule has 3 aliphatic rings. The lowest BCUT2D eigenvalue weighted by molar-refractivity contribution is -0.134. The number of carbonyl (C=O) groups is 3. The van der Waals surface area contributed by atoms with Gasteiger partial charge in [-0.2, -0.15) is 9.67 Å². The van der Waals surface area contributed by atoms with Crippen molar-refractivity contribution in [3.63, 3.8) is 0 Å². The highest BCUT2D eigenvalue weighted by Gasteiger charge is 2.40. The third-order valence-corrected chi connectivity index (χ3v) is 9.63. The van der Waals surface area contributed by atoms with Crippen LogP contribution in [0, 0.1) is 6.92 Å². The van der Waals surface area contributed by atoms with E-state index in [1.165, 1.54) is 11.1 Å². The molecule has 2 aromatic heterocycles. The van der Waals surface area contributed by atoms with Crippen LogP contribution in [0.5, 0.6) is 0 Å². The largest absolute Gasteiger partial charge is 0.353 e. The molecular weight excluding hydrogens is 630 g/mol. The van der Waals surface area contributed by atoms with Gasteiger partial charge in [0, 0.05) is 50.1 Å². The molecule has 1 atom stereocenters. The smallest absolute Gasteiger partial charge is 0.259 e. The number of amides is 3. The fraction of sp³-hybridized carbons (Fsp3) is 0.286. The van der Waals surface area contributed by atoms with Gasteiger partial charge in [-0.25, -0.2) is 9.97 Å². The van der Waals surface area contributed by atoms with Gasteiger partial charge in [0.2, 0.25) is 11.8 Å². The average Bonchev–Trinajstić information content (AvgIpc) is 3.65. The first kappa shape index (κ1) is 30.2. The minimum Gasteiger partial charge on any atom is -0.353 e. The van der Waals surface area contributed by atoms with Gasteiger partial charge in [0.1, 0.15) is 23.2 Å². The summed E-state index contributed by atoms with van der Waals surface area (Å²) in [7, 11) is 0. The number of imide groups is 1. The fourth-order valence-electron chi connectivity index (χ4n) is 6.94. The molecule has 0 saturated carbocycles. The van der Waals surface area contributed by atoms with Crippen LogP contribution in [0.4, 0.5) is 11.5 Å². The lowest BCUT2D eigenvalue weighted by atomic mass is 9.95. The highest BCUT2D eigenvalue weighted by Crippen LogP contribution is 2.41. The van der Waals surface area contributed by atoms with Crippen LogP contribution in [0.15, 0.2) is 67.1 Å². The zero-order chi connectivity index (χ0) is 32.9. The van der Waals surface area contributed by atoms with Crippen LogP contribution in [0.3, 0.4) is 0 Å². The lowest BCUT2D eigenvalue weighted by Crippen LogP contribution is -2.53. The predicted molar refractivity (Wildman–Crippen MR) is 180 cm³/mol. The molecule has 0 radical (unpaired) electrons. The van der Waals surface area contributed by atoms with Gasteiger partial charge in [-0.1, -0.05) is 54.1 Å². The summed E-state index contributed by atoms with van der Waals surface area (Å²) in [6, 6.07) is 17.8. The first-order valence-electron chi connectivity index (χ1n) is 16.0. The van der Waals surface area contributed by atoms with E-state index in [2.05, 4.69) is 59.4 Å². The zero-order valence-electron chi connectivity index (χ0n) is 26.3. The molecule has 0 bridgehead atoms. The van der Waals surface area contributed by atoms with Gasteiger partial charge in [0.05, 0.1) is 11.9 Å². The van der Waals surface area contributed by atoms with Crippen LogP contribution >= 0.6 is 11.6 Å². The lowest BCUT2D eigenvalue weighted by Gasteiger charge is -2.35. The monoisotopic (exact) mass is 661 g/mol. The van der Waals surface area contributed by atoms with Crippen molar-refractivity contribution in [1.82, 2.24) is 34.9 Å². The zero-order valence-corrected chi connectivity index (χ0v) is 27.0. The average molecular weight is 662 g/mol. The quantitative estimate of drug-likeness (QED) is 0.259. The predicted octanol–water partition coefficient (Wildman–Crippen LogP) is 3.85. The van der Waals surface area contributed by atoms with Gasteiger partial charge in [0.25, 0.3) is 11.9 Å². The molecule has 12 nitrogen and oxygen atoms in total. The van der Waals surface area contributed by atoms with Crippen LogP contribution in [0.2, 0.25) is 5.02 Å². The van der Waals surface area contributed by atoms with Crippen LogP contribution in [-0.4, -0.2) is 79.6 Å². The molecular formula is C35H32ClN9O3. The summed E-state index contributed by atoms with van der Waals surface area (Å²) in [6.07, 6.45) is 4.45. The van der Waals surface area contributed by atoms with E-state index in [4.69, 9.17) is 11.6 Å². The minimum atomic E-state index is -0.695. The molecule has 0 spiro atoms. The van der Waals surface area contributed by atoms with E-state index < -0.39 is 11.9 Å².